The average Bonchev–Trinajstić information content (AvgIpc) is 2.73. The second-order valence-electron chi connectivity index (χ2n) is 8.93. The molecule has 30 heavy (non-hydrogen) atoms. The number of piperidine rings is 2. The summed E-state index contributed by atoms with van der Waals surface area (Å²) in [6, 6.07) is 6.74. The molecule has 1 aromatic rings. The highest BCUT2D eigenvalue weighted by Crippen LogP contribution is 2.24. The molecule has 0 bridgehead atoms. The second-order valence-corrected chi connectivity index (χ2v) is 8.93. The van der Waals surface area contributed by atoms with E-state index in [1.807, 2.05) is 23.6 Å². The van der Waals surface area contributed by atoms with Crippen LogP contribution >= 0.6 is 0 Å². The van der Waals surface area contributed by atoms with Gasteiger partial charge in [0, 0.05) is 49.4 Å². The molecule has 2 N–H and O–H groups in total. The number of benzene rings is 1. The van der Waals surface area contributed by atoms with Gasteiger partial charge in [0.2, 0.25) is 5.91 Å². The summed E-state index contributed by atoms with van der Waals surface area (Å²) in [4.78, 5) is 41.3. The van der Waals surface area contributed by atoms with Crippen molar-refractivity contribution < 1.29 is 14.4 Å². The highest BCUT2D eigenvalue weighted by Gasteiger charge is 2.32. The van der Waals surface area contributed by atoms with Crippen LogP contribution in [-0.2, 0) is 4.79 Å². The first-order chi connectivity index (χ1) is 14.3. The van der Waals surface area contributed by atoms with Gasteiger partial charge in [-0.25, -0.2) is 4.79 Å². The highest BCUT2D eigenvalue weighted by atomic mass is 16.2. The van der Waals surface area contributed by atoms with Crippen molar-refractivity contribution in [3.63, 3.8) is 0 Å². The molecule has 2 fully saturated rings. The van der Waals surface area contributed by atoms with Gasteiger partial charge >= 0.3 is 6.03 Å². The predicted octanol–water partition coefficient (Wildman–Crippen LogP) is 3.33. The van der Waals surface area contributed by atoms with Crippen molar-refractivity contribution in [2.75, 3.05) is 31.5 Å². The van der Waals surface area contributed by atoms with Crippen LogP contribution in [0.15, 0.2) is 24.3 Å². The van der Waals surface area contributed by atoms with E-state index in [2.05, 4.69) is 17.6 Å². The Morgan fingerprint density at radius 2 is 1.63 bits per heavy atom. The first kappa shape index (κ1) is 22.1. The fourth-order valence-electron chi connectivity index (χ4n) is 4.29. The van der Waals surface area contributed by atoms with Gasteiger partial charge in [-0.15, -0.1) is 0 Å². The largest absolute Gasteiger partial charge is 0.342 e. The molecule has 1 unspecified atom stereocenters. The van der Waals surface area contributed by atoms with Gasteiger partial charge in [0.15, 0.2) is 0 Å². The lowest BCUT2D eigenvalue weighted by Gasteiger charge is -2.37. The molecule has 0 spiro atoms. The van der Waals surface area contributed by atoms with Gasteiger partial charge in [-0.1, -0.05) is 6.92 Å². The Hall–Kier alpha value is -2.57. The Morgan fingerprint density at radius 1 is 0.967 bits per heavy atom. The first-order valence-corrected chi connectivity index (χ1v) is 11.1. The first-order valence-electron chi connectivity index (χ1n) is 11.1. The van der Waals surface area contributed by atoms with Gasteiger partial charge in [0.05, 0.1) is 0 Å². The van der Waals surface area contributed by atoms with Crippen LogP contribution in [0.3, 0.4) is 0 Å². The van der Waals surface area contributed by atoms with E-state index >= 15 is 0 Å². The second kappa shape index (κ2) is 9.96. The van der Waals surface area contributed by atoms with Crippen LogP contribution in [0.1, 0.15) is 56.8 Å². The van der Waals surface area contributed by atoms with Crippen LogP contribution in [0, 0.1) is 11.8 Å². The molecule has 2 saturated heterocycles. The number of carbonyl (C=O) groups excluding carboxylic acids is 3. The summed E-state index contributed by atoms with van der Waals surface area (Å²) in [5, 5.41) is 5.52. The number of amides is 4. The molecule has 164 valence electrons. The lowest BCUT2D eigenvalue weighted by molar-refractivity contribution is -0.138. The third-order valence-electron chi connectivity index (χ3n) is 5.91. The Kier molecular flexibility index (Phi) is 7.34. The molecular weight excluding hydrogens is 380 g/mol. The maximum atomic E-state index is 12.8. The topological polar surface area (TPSA) is 81.8 Å². The Bertz CT molecular complexity index is 754. The van der Waals surface area contributed by atoms with E-state index in [1.54, 1.807) is 24.3 Å². The normalized spacial score (nSPS) is 20.2. The van der Waals surface area contributed by atoms with Crippen LogP contribution in [0.4, 0.5) is 10.5 Å². The van der Waals surface area contributed by atoms with Gasteiger partial charge in [0.1, 0.15) is 0 Å². The molecule has 0 saturated carbocycles. The van der Waals surface area contributed by atoms with Gasteiger partial charge in [-0.3, -0.25) is 9.59 Å². The van der Waals surface area contributed by atoms with E-state index in [0.29, 0.717) is 30.3 Å². The summed E-state index contributed by atoms with van der Waals surface area (Å²) in [5.41, 5.74) is 1.24. The van der Waals surface area contributed by atoms with Crippen LogP contribution in [0.2, 0.25) is 0 Å². The zero-order chi connectivity index (χ0) is 21.7. The number of nitrogens with one attached hydrogen (secondary N) is 2. The number of carbonyl (C=O) groups is 3. The molecule has 2 aliphatic heterocycles. The summed E-state index contributed by atoms with van der Waals surface area (Å²) in [7, 11) is 0. The Morgan fingerprint density at radius 3 is 2.23 bits per heavy atom. The number of hydrogen-bond acceptors (Lipinski definition) is 3. The van der Waals surface area contributed by atoms with Gasteiger partial charge in [0.25, 0.3) is 5.91 Å². The molecule has 7 nitrogen and oxygen atoms in total. The number of rotatable bonds is 4. The number of hydrogen-bond donors (Lipinski definition) is 2. The average molecular weight is 415 g/mol. The summed E-state index contributed by atoms with van der Waals surface area (Å²) in [6.07, 6.45) is 3.75. The van der Waals surface area contributed by atoms with Gasteiger partial charge in [-0.2, -0.15) is 0 Å². The van der Waals surface area contributed by atoms with Crippen molar-refractivity contribution in [3.8, 4) is 0 Å². The molecule has 1 aromatic carbocycles. The number of likely N-dealkylation sites (tertiary alicyclic amines) is 2. The minimum atomic E-state index is -0.265. The fraction of sp³-hybridized carbons (Fsp3) is 0.609. The molecule has 2 aliphatic rings. The van der Waals surface area contributed by atoms with Crippen LogP contribution < -0.4 is 10.6 Å². The highest BCUT2D eigenvalue weighted by molar-refractivity contribution is 5.95. The molecule has 0 radical (unpaired) electrons. The number of anilines is 1. The minimum Gasteiger partial charge on any atom is -0.342 e. The third kappa shape index (κ3) is 5.74. The molecule has 4 amide bonds. The molecule has 7 heteroatoms. The van der Waals surface area contributed by atoms with Crippen molar-refractivity contribution in [2.45, 2.75) is 52.5 Å². The lowest BCUT2D eigenvalue weighted by Crippen LogP contribution is -2.47. The lowest BCUT2D eigenvalue weighted by atomic mass is 9.92. The quantitative estimate of drug-likeness (QED) is 0.793. The van der Waals surface area contributed by atoms with E-state index < -0.39 is 0 Å². The van der Waals surface area contributed by atoms with Gasteiger partial charge < -0.3 is 20.4 Å². The number of urea groups is 1. The van der Waals surface area contributed by atoms with Crippen molar-refractivity contribution in [1.29, 1.82) is 0 Å². The summed E-state index contributed by atoms with van der Waals surface area (Å²) < 4.78 is 0. The van der Waals surface area contributed by atoms with Crippen LogP contribution in [-0.4, -0.2) is 59.9 Å². The zero-order valence-electron chi connectivity index (χ0n) is 18.3. The Balaban J connectivity index is 1.50. The van der Waals surface area contributed by atoms with E-state index in [9.17, 15) is 14.4 Å². The molecule has 1 atom stereocenters. The number of nitrogens with zero attached hydrogens (tertiary/aromatic N) is 2. The molecule has 0 aliphatic carbocycles. The molecule has 0 aromatic heterocycles. The summed E-state index contributed by atoms with van der Waals surface area (Å²) in [6.45, 7) is 8.95. The molecule has 3 rings (SSSR count). The van der Waals surface area contributed by atoms with E-state index in [4.69, 9.17) is 0 Å². The van der Waals surface area contributed by atoms with Crippen molar-refractivity contribution in [1.82, 2.24) is 15.1 Å². The van der Waals surface area contributed by atoms with E-state index in [0.717, 1.165) is 32.4 Å². The van der Waals surface area contributed by atoms with Crippen LogP contribution in [0.5, 0.6) is 0 Å². The van der Waals surface area contributed by atoms with Crippen molar-refractivity contribution >= 4 is 23.5 Å². The molecule has 2 heterocycles. The predicted molar refractivity (Wildman–Crippen MR) is 117 cm³/mol. The zero-order valence-corrected chi connectivity index (χ0v) is 18.3. The maximum absolute atomic E-state index is 12.8. The summed E-state index contributed by atoms with van der Waals surface area (Å²) >= 11 is 0. The fourth-order valence-corrected chi connectivity index (χ4v) is 4.29. The molecular formula is C23H34N4O3. The standard InChI is InChI=1S/C23H34N4O3/c1-16(2)24-23(30)25-20-8-6-18(7-9-20)21(28)26-13-10-19(11-14-26)22(29)27-12-4-5-17(3)15-27/h6-9,16-17,19H,4-5,10-15H2,1-3H3,(H2,24,25,30). The third-order valence-corrected chi connectivity index (χ3v) is 5.91. The van der Waals surface area contributed by atoms with E-state index in [1.165, 1.54) is 6.42 Å². The van der Waals surface area contributed by atoms with Crippen molar-refractivity contribution in [3.05, 3.63) is 29.8 Å². The Labute approximate surface area is 179 Å². The monoisotopic (exact) mass is 414 g/mol. The van der Waals surface area contributed by atoms with E-state index in [-0.39, 0.29) is 29.8 Å². The van der Waals surface area contributed by atoms with Crippen molar-refractivity contribution in [2.24, 2.45) is 11.8 Å². The summed E-state index contributed by atoms with van der Waals surface area (Å²) in [5.74, 6) is 0.859. The minimum absolute atomic E-state index is 0.0225. The van der Waals surface area contributed by atoms with Gasteiger partial charge in [-0.05, 0) is 69.7 Å². The SMILES string of the molecule is CC1CCCN(C(=O)C2CCN(C(=O)c3ccc(NC(=O)NC(C)C)cc3)CC2)C1. The van der Waals surface area contributed by atoms with Crippen LogP contribution in [0.25, 0.3) is 0 Å². The smallest absolute Gasteiger partial charge is 0.319 e. The maximum Gasteiger partial charge on any atom is 0.319 e.